The van der Waals surface area contributed by atoms with E-state index in [4.69, 9.17) is 4.74 Å². The van der Waals surface area contributed by atoms with Gasteiger partial charge in [-0.15, -0.1) is 0 Å². The molecule has 0 unspecified atom stereocenters. The Morgan fingerprint density at radius 2 is 1.00 bits per heavy atom. The average molecular weight is 246 g/mol. The largest absolute Gasteiger partial charge is 0.379 e. The number of hydrogen-bond acceptors (Lipinski definition) is 3. The molecule has 0 radical (unpaired) electrons. The molecule has 2 rings (SSSR count). The topological polar surface area (TPSA) is 15.7 Å². The zero-order valence-electron chi connectivity index (χ0n) is 13.0. The van der Waals surface area contributed by atoms with Crippen molar-refractivity contribution in [2.24, 2.45) is 0 Å². The molecule has 17 heavy (non-hydrogen) atoms. The highest BCUT2D eigenvalue weighted by Gasteiger charge is 2.03. The first-order valence-corrected chi connectivity index (χ1v) is 7.24. The van der Waals surface area contributed by atoms with Crippen LogP contribution in [-0.2, 0) is 4.74 Å². The minimum absolute atomic E-state index is 0.913. The van der Waals surface area contributed by atoms with Crippen molar-refractivity contribution in [3.8, 4) is 0 Å². The zero-order chi connectivity index (χ0) is 13.5. The Hall–Kier alpha value is -0.120. The Balaban J connectivity index is 0. The zero-order valence-corrected chi connectivity index (χ0v) is 13.0. The van der Waals surface area contributed by atoms with Crippen LogP contribution in [0.2, 0.25) is 0 Å². The third kappa shape index (κ3) is 13.8. The number of hydrogen-bond donors (Lipinski definition) is 0. The second-order valence-corrected chi connectivity index (χ2v) is 3.93. The lowest BCUT2D eigenvalue weighted by Gasteiger charge is -2.21. The molecule has 0 saturated carbocycles. The first-order valence-electron chi connectivity index (χ1n) is 7.24. The molecular weight excluding hydrogens is 212 g/mol. The summed E-state index contributed by atoms with van der Waals surface area (Å²) in [6, 6.07) is 0. The molecule has 0 amide bonds. The van der Waals surface area contributed by atoms with E-state index < -0.39 is 0 Å². The summed E-state index contributed by atoms with van der Waals surface area (Å²) in [5, 5.41) is 0. The Kier molecular flexibility index (Phi) is 18.0. The predicted molar refractivity (Wildman–Crippen MR) is 77.7 cm³/mol. The lowest BCUT2D eigenvalue weighted by Crippen LogP contribution is -2.32. The summed E-state index contributed by atoms with van der Waals surface area (Å²) < 4.78 is 5.10. The lowest BCUT2D eigenvalue weighted by atomic mass is 10.4. The Labute approximate surface area is 109 Å². The molecule has 0 aromatic carbocycles. The van der Waals surface area contributed by atoms with Crippen molar-refractivity contribution in [1.82, 2.24) is 9.80 Å². The van der Waals surface area contributed by atoms with Gasteiger partial charge in [0, 0.05) is 13.1 Å². The molecule has 0 atom stereocenters. The predicted octanol–water partition coefficient (Wildman–Crippen LogP) is 2.71. The maximum absolute atomic E-state index is 5.10. The first-order chi connectivity index (χ1) is 8.29. The quantitative estimate of drug-likeness (QED) is 0.653. The summed E-state index contributed by atoms with van der Waals surface area (Å²) in [7, 11) is 4.29. The standard InChI is InChI=1S/C5H11NO.C5H11N.2C2H6/c1-6-2-4-7-5-3-6;1-6-4-2-3-5-6;2*1-2/h2-5H2,1H3;2-5H2,1H3;2*1-2H3. The van der Waals surface area contributed by atoms with Gasteiger partial charge in [0.15, 0.2) is 0 Å². The monoisotopic (exact) mass is 246 g/mol. The highest BCUT2D eigenvalue weighted by Crippen LogP contribution is 2.02. The van der Waals surface area contributed by atoms with Crippen molar-refractivity contribution in [3.63, 3.8) is 0 Å². The molecule has 2 aliphatic rings. The molecule has 0 aromatic rings. The molecule has 2 heterocycles. The smallest absolute Gasteiger partial charge is 0.0594 e. The van der Waals surface area contributed by atoms with E-state index in [9.17, 15) is 0 Å². The van der Waals surface area contributed by atoms with Gasteiger partial charge in [0.05, 0.1) is 13.2 Å². The van der Waals surface area contributed by atoms with E-state index in [-0.39, 0.29) is 0 Å². The maximum Gasteiger partial charge on any atom is 0.0594 e. The third-order valence-corrected chi connectivity index (χ3v) is 2.56. The number of ether oxygens (including phenoxy) is 1. The maximum atomic E-state index is 5.10. The van der Waals surface area contributed by atoms with E-state index >= 15 is 0 Å². The van der Waals surface area contributed by atoms with Crippen molar-refractivity contribution in [3.05, 3.63) is 0 Å². The summed E-state index contributed by atoms with van der Waals surface area (Å²) >= 11 is 0. The molecule has 0 aliphatic carbocycles. The molecule has 106 valence electrons. The number of likely N-dealkylation sites (N-methyl/N-ethyl adjacent to an activating group) is 1. The van der Waals surface area contributed by atoms with Crippen molar-refractivity contribution in [2.75, 3.05) is 53.5 Å². The van der Waals surface area contributed by atoms with Gasteiger partial charge in [-0.05, 0) is 40.0 Å². The van der Waals surface area contributed by atoms with Gasteiger partial charge in [0.25, 0.3) is 0 Å². The average Bonchev–Trinajstić information content (AvgIpc) is 2.87. The van der Waals surface area contributed by atoms with E-state index in [1.54, 1.807) is 0 Å². The van der Waals surface area contributed by atoms with Crippen LogP contribution in [0.5, 0.6) is 0 Å². The SMILES string of the molecule is CC.CC.CN1CCCC1.CN1CCOCC1. The number of morpholine rings is 1. The molecular formula is C14H34N2O. The van der Waals surface area contributed by atoms with Gasteiger partial charge < -0.3 is 14.5 Å². The van der Waals surface area contributed by atoms with Gasteiger partial charge in [-0.2, -0.15) is 0 Å². The highest BCUT2D eigenvalue weighted by molar-refractivity contribution is 4.59. The Morgan fingerprint density at radius 3 is 1.18 bits per heavy atom. The van der Waals surface area contributed by atoms with Crippen LogP contribution < -0.4 is 0 Å². The van der Waals surface area contributed by atoms with Crippen molar-refractivity contribution >= 4 is 0 Å². The lowest BCUT2D eigenvalue weighted by molar-refractivity contribution is 0.0503. The van der Waals surface area contributed by atoms with E-state index in [1.165, 1.54) is 25.9 Å². The van der Waals surface area contributed by atoms with Gasteiger partial charge in [-0.25, -0.2) is 0 Å². The fraction of sp³-hybridized carbons (Fsp3) is 1.00. The van der Waals surface area contributed by atoms with Gasteiger partial charge in [-0.3, -0.25) is 0 Å². The van der Waals surface area contributed by atoms with E-state index in [1.807, 2.05) is 27.7 Å². The van der Waals surface area contributed by atoms with Gasteiger partial charge in [0.1, 0.15) is 0 Å². The molecule has 0 N–H and O–H groups in total. The van der Waals surface area contributed by atoms with Gasteiger partial charge >= 0.3 is 0 Å². The van der Waals surface area contributed by atoms with Crippen LogP contribution in [0.4, 0.5) is 0 Å². The van der Waals surface area contributed by atoms with E-state index in [0.717, 1.165) is 26.3 Å². The minimum atomic E-state index is 0.913. The molecule has 0 aromatic heterocycles. The Bertz CT molecular complexity index is 119. The van der Waals surface area contributed by atoms with Crippen LogP contribution in [0.25, 0.3) is 0 Å². The van der Waals surface area contributed by atoms with Crippen LogP contribution in [-0.4, -0.2) is 63.3 Å². The summed E-state index contributed by atoms with van der Waals surface area (Å²) in [5.74, 6) is 0. The van der Waals surface area contributed by atoms with E-state index in [2.05, 4.69) is 23.9 Å². The van der Waals surface area contributed by atoms with Crippen LogP contribution in [0.1, 0.15) is 40.5 Å². The van der Waals surface area contributed by atoms with Crippen LogP contribution >= 0.6 is 0 Å². The second kappa shape index (κ2) is 15.9. The van der Waals surface area contributed by atoms with Crippen molar-refractivity contribution in [1.29, 1.82) is 0 Å². The summed E-state index contributed by atoms with van der Waals surface area (Å²) in [5.41, 5.74) is 0. The minimum Gasteiger partial charge on any atom is -0.379 e. The second-order valence-electron chi connectivity index (χ2n) is 3.93. The normalized spacial score (nSPS) is 20.1. The fourth-order valence-corrected chi connectivity index (χ4v) is 1.53. The highest BCUT2D eigenvalue weighted by atomic mass is 16.5. The summed E-state index contributed by atoms with van der Waals surface area (Å²) in [6.45, 7) is 14.7. The van der Waals surface area contributed by atoms with E-state index in [0.29, 0.717) is 0 Å². The first kappa shape index (κ1) is 19.2. The molecule has 3 nitrogen and oxygen atoms in total. The molecule has 2 aliphatic heterocycles. The fourth-order valence-electron chi connectivity index (χ4n) is 1.53. The van der Waals surface area contributed by atoms with Gasteiger partial charge in [-0.1, -0.05) is 27.7 Å². The van der Waals surface area contributed by atoms with Gasteiger partial charge in [0.2, 0.25) is 0 Å². The number of likely N-dealkylation sites (tertiary alicyclic amines) is 1. The summed E-state index contributed by atoms with van der Waals surface area (Å²) in [6.07, 6.45) is 2.83. The molecule has 2 saturated heterocycles. The number of nitrogens with zero attached hydrogens (tertiary/aromatic N) is 2. The van der Waals surface area contributed by atoms with Crippen LogP contribution in [0, 0.1) is 0 Å². The third-order valence-electron chi connectivity index (χ3n) is 2.56. The van der Waals surface area contributed by atoms with Crippen LogP contribution in [0.15, 0.2) is 0 Å². The van der Waals surface area contributed by atoms with Crippen molar-refractivity contribution < 1.29 is 4.74 Å². The molecule has 2 fully saturated rings. The molecule has 3 heteroatoms. The summed E-state index contributed by atoms with van der Waals surface area (Å²) in [4.78, 5) is 4.63. The van der Waals surface area contributed by atoms with Crippen molar-refractivity contribution in [2.45, 2.75) is 40.5 Å². The van der Waals surface area contributed by atoms with Crippen LogP contribution in [0.3, 0.4) is 0 Å². The molecule has 0 bridgehead atoms. The molecule has 0 spiro atoms. The Morgan fingerprint density at radius 1 is 0.647 bits per heavy atom. The number of rotatable bonds is 0.